The van der Waals surface area contributed by atoms with E-state index in [9.17, 15) is 0 Å². The molecule has 1 spiro atoms. The van der Waals surface area contributed by atoms with E-state index >= 15 is 0 Å². The molecule has 2 nitrogen and oxygen atoms in total. The molecule has 0 amide bonds. The molecular formula is C64H44N2S. The second-order valence-corrected chi connectivity index (χ2v) is 19.8. The van der Waals surface area contributed by atoms with Crippen molar-refractivity contribution in [1.82, 2.24) is 0 Å². The Morgan fingerprint density at radius 3 is 1.60 bits per heavy atom. The second kappa shape index (κ2) is 14.3. The predicted molar refractivity (Wildman–Crippen MR) is 283 cm³/mol. The van der Waals surface area contributed by atoms with Gasteiger partial charge in [0.15, 0.2) is 0 Å². The highest BCUT2D eigenvalue weighted by atomic mass is 32.1. The zero-order valence-electron chi connectivity index (χ0n) is 37.2. The molecule has 3 heteroatoms. The number of rotatable bonds is 5. The van der Waals surface area contributed by atoms with E-state index < -0.39 is 5.41 Å². The first-order valence-corrected chi connectivity index (χ1v) is 24.2. The third-order valence-corrected chi connectivity index (χ3v) is 16.3. The fourth-order valence-corrected chi connectivity index (χ4v) is 13.4. The predicted octanol–water partition coefficient (Wildman–Crippen LogP) is 17.6. The van der Waals surface area contributed by atoms with E-state index in [1.165, 1.54) is 98.3 Å². The van der Waals surface area contributed by atoms with Crippen molar-refractivity contribution in [2.45, 2.75) is 24.7 Å². The monoisotopic (exact) mass is 872 g/mol. The van der Waals surface area contributed by atoms with Gasteiger partial charge in [-0.25, -0.2) is 0 Å². The molecule has 0 atom stereocenters. The molecule has 0 N–H and O–H groups in total. The highest BCUT2D eigenvalue weighted by Crippen LogP contribution is 2.64. The van der Waals surface area contributed by atoms with Gasteiger partial charge in [0, 0.05) is 48.3 Å². The van der Waals surface area contributed by atoms with E-state index in [2.05, 4.69) is 254 Å². The topological polar surface area (TPSA) is 6.48 Å². The molecule has 0 radical (unpaired) electrons. The lowest BCUT2D eigenvalue weighted by molar-refractivity contribution is 0.660. The summed E-state index contributed by atoms with van der Waals surface area (Å²) in [5.41, 5.74) is 21.8. The molecule has 0 saturated carbocycles. The second-order valence-electron chi connectivity index (χ2n) is 18.8. The van der Waals surface area contributed by atoms with Gasteiger partial charge in [-0.15, -0.1) is 11.3 Å². The van der Waals surface area contributed by atoms with Crippen molar-refractivity contribution in [3.8, 4) is 33.4 Å². The number of hydrogen-bond acceptors (Lipinski definition) is 3. The van der Waals surface area contributed by atoms with E-state index in [-0.39, 0.29) is 5.41 Å². The van der Waals surface area contributed by atoms with Crippen molar-refractivity contribution in [1.29, 1.82) is 0 Å². The molecule has 316 valence electrons. The molecule has 14 rings (SSSR count). The van der Waals surface area contributed by atoms with Crippen molar-refractivity contribution < 1.29 is 0 Å². The van der Waals surface area contributed by atoms with Gasteiger partial charge in [0.25, 0.3) is 0 Å². The third kappa shape index (κ3) is 5.32. The van der Waals surface area contributed by atoms with E-state index in [4.69, 9.17) is 0 Å². The Morgan fingerprint density at radius 2 is 0.881 bits per heavy atom. The molecule has 0 saturated heterocycles. The number of hydrogen-bond donors (Lipinski definition) is 0. The molecule has 2 heterocycles. The van der Waals surface area contributed by atoms with Gasteiger partial charge in [-0.05, 0) is 133 Å². The highest BCUT2D eigenvalue weighted by molar-refractivity contribution is 7.26. The van der Waals surface area contributed by atoms with Gasteiger partial charge in [-0.1, -0.05) is 178 Å². The summed E-state index contributed by atoms with van der Waals surface area (Å²) in [4.78, 5) is 4.95. The van der Waals surface area contributed by atoms with Crippen LogP contribution in [0.2, 0.25) is 0 Å². The van der Waals surface area contributed by atoms with Gasteiger partial charge in [0.05, 0.1) is 16.8 Å². The number of para-hydroxylation sites is 3. The molecule has 11 aromatic rings. The summed E-state index contributed by atoms with van der Waals surface area (Å²) in [6, 6.07) is 86.3. The lowest BCUT2D eigenvalue weighted by Crippen LogP contribution is -2.36. The Kier molecular flexibility index (Phi) is 8.15. The van der Waals surface area contributed by atoms with Crippen molar-refractivity contribution >= 4 is 65.6 Å². The average molecular weight is 873 g/mol. The number of fused-ring (bicyclic) bond motifs is 15. The van der Waals surface area contributed by atoms with E-state index in [1.54, 1.807) is 0 Å². The van der Waals surface area contributed by atoms with Gasteiger partial charge in [0.1, 0.15) is 0 Å². The molecule has 3 aliphatic rings. The molecule has 0 unspecified atom stereocenters. The maximum Gasteiger partial charge on any atom is 0.0755 e. The van der Waals surface area contributed by atoms with Crippen LogP contribution in [0.15, 0.2) is 231 Å². The Morgan fingerprint density at radius 1 is 0.373 bits per heavy atom. The third-order valence-electron chi connectivity index (χ3n) is 15.1. The Labute approximate surface area is 395 Å². The zero-order chi connectivity index (χ0) is 44.4. The van der Waals surface area contributed by atoms with Crippen LogP contribution in [-0.2, 0) is 10.8 Å². The van der Waals surface area contributed by atoms with Crippen LogP contribution in [0.4, 0.5) is 34.1 Å². The minimum atomic E-state index is -0.569. The summed E-state index contributed by atoms with van der Waals surface area (Å²) in [6.07, 6.45) is 0. The Hall–Kier alpha value is -7.98. The first-order valence-electron chi connectivity index (χ1n) is 23.3. The first-order chi connectivity index (χ1) is 33.0. The standard InChI is InChI=1S/C64H44N2S/c1-63(2)53-24-9-6-19-47(53)49-37-35-44(39-57(49)63)65(43-33-31-41(32-34-43)46-22-16-23-52-51-21-8-15-30-61(51)67-62(46)52)45-36-38-50-48-20-7-10-25-54(48)64(58(50)40-45)55-26-11-13-28-59(55)66(42-17-4-3-5-18-42)60-29-14-12-27-56(60)64/h3-40H,1-2H3. The van der Waals surface area contributed by atoms with Crippen LogP contribution in [0.25, 0.3) is 53.6 Å². The van der Waals surface area contributed by atoms with Gasteiger partial charge in [-0.3, -0.25) is 0 Å². The molecule has 1 aromatic heterocycles. The van der Waals surface area contributed by atoms with Crippen LogP contribution in [0.3, 0.4) is 0 Å². The lowest BCUT2D eigenvalue weighted by Gasteiger charge is -2.45. The average Bonchev–Trinajstić information content (AvgIpc) is 3.98. The zero-order valence-corrected chi connectivity index (χ0v) is 38.1. The minimum absolute atomic E-state index is 0.149. The maximum atomic E-state index is 2.51. The highest BCUT2D eigenvalue weighted by Gasteiger charge is 2.52. The number of thiophene rings is 1. The van der Waals surface area contributed by atoms with E-state index in [0.29, 0.717) is 0 Å². The molecule has 10 aromatic carbocycles. The fourth-order valence-electron chi connectivity index (χ4n) is 12.1. The van der Waals surface area contributed by atoms with E-state index in [0.717, 1.165) is 22.7 Å². The smallest absolute Gasteiger partial charge is 0.0755 e. The minimum Gasteiger partial charge on any atom is -0.310 e. The first kappa shape index (κ1) is 38.3. The summed E-state index contributed by atoms with van der Waals surface area (Å²) in [7, 11) is 0. The SMILES string of the molecule is CC1(C)c2ccccc2-c2ccc(N(c3ccc(-c4cccc5c4sc4ccccc45)cc3)c3ccc4c(c3)C3(c5ccccc5-4)c4ccccc4N(c4ccccc4)c4ccccc43)cc21. The van der Waals surface area contributed by atoms with Gasteiger partial charge in [-0.2, -0.15) is 0 Å². The van der Waals surface area contributed by atoms with Crippen molar-refractivity contribution in [3.63, 3.8) is 0 Å². The Bertz CT molecular complexity index is 3760. The van der Waals surface area contributed by atoms with Gasteiger partial charge in [0.2, 0.25) is 0 Å². The summed E-state index contributed by atoms with van der Waals surface area (Å²) < 4.78 is 2.65. The fraction of sp³-hybridized carbons (Fsp3) is 0.0625. The molecule has 67 heavy (non-hydrogen) atoms. The summed E-state index contributed by atoms with van der Waals surface area (Å²) >= 11 is 1.89. The van der Waals surface area contributed by atoms with E-state index in [1.807, 2.05) is 11.3 Å². The van der Waals surface area contributed by atoms with Crippen molar-refractivity contribution in [3.05, 3.63) is 264 Å². The van der Waals surface area contributed by atoms with Crippen LogP contribution in [0.5, 0.6) is 0 Å². The summed E-state index contributed by atoms with van der Waals surface area (Å²) in [5, 5.41) is 2.64. The maximum absolute atomic E-state index is 2.51. The normalized spacial score (nSPS) is 14.3. The van der Waals surface area contributed by atoms with Crippen LogP contribution in [0, 0.1) is 0 Å². The van der Waals surface area contributed by atoms with Crippen LogP contribution >= 0.6 is 11.3 Å². The van der Waals surface area contributed by atoms with Crippen LogP contribution < -0.4 is 9.80 Å². The lowest BCUT2D eigenvalue weighted by atomic mass is 9.64. The summed E-state index contributed by atoms with van der Waals surface area (Å²) in [5.74, 6) is 0. The number of benzene rings is 10. The van der Waals surface area contributed by atoms with Crippen molar-refractivity contribution in [2.75, 3.05) is 9.80 Å². The summed E-state index contributed by atoms with van der Waals surface area (Å²) in [6.45, 7) is 4.75. The molecule has 0 fully saturated rings. The van der Waals surface area contributed by atoms with Gasteiger partial charge < -0.3 is 9.80 Å². The molecule has 2 aliphatic carbocycles. The molecular weight excluding hydrogens is 829 g/mol. The Balaban J connectivity index is 0.995. The number of nitrogens with zero attached hydrogens (tertiary/aromatic N) is 2. The molecule has 1 aliphatic heterocycles. The largest absolute Gasteiger partial charge is 0.310 e. The van der Waals surface area contributed by atoms with Crippen LogP contribution in [0.1, 0.15) is 47.2 Å². The molecule has 0 bridgehead atoms. The number of anilines is 6. The van der Waals surface area contributed by atoms with Gasteiger partial charge >= 0.3 is 0 Å². The van der Waals surface area contributed by atoms with Crippen molar-refractivity contribution in [2.24, 2.45) is 0 Å². The quantitative estimate of drug-likeness (QED) is 0.170. The van der Waals surface area contributed by atoms with Crippen LogP contribution in [-0.4, -0.2) is 0 Å².